The molecule has 2 amide bonds. The minimum absolute atomic E-state index is 0.123. The number of nitrogens with zero attached hydrogens (tertiary/aromatic N) is 2. The molecule has 0 bridgehead atoms. The van der Waals surface area contributed by atoms with Crippen molar-refractivity contribution in [1.82, 2.24) is 4.90 Å². The van der Waals surface area contributed by atoms with Crippen LogP contribution in [-0.2, 0) is 14.3 Å². The molecule has 0 spiro atoms. The van der Waals surface area contributed by atoms with Gasteiger partial charge in [-0.05, 0) is 42.3 Å². The van der Waals surface area contributed by atoms with Gasteiger partial charge in [-0.2, -0.15) is 0 Å². The van der Waals surface area contributed by atoms with Crippen LogP contribution in [-0.4, -0.2) is 58.9 Å². The van der Waals surface area contributed by atoms with E-state index in [-0.39, 0.29) is 31.4 Å². The number of para-hydroxylation sites is 1. The van der Waals surface area contributed by atoms with Crippen molar-refractivity contribution in [2.45, 2.75) is 12.8 Å². The van der Waals surface area contributed by atoms with E-state index in [0.29, 0.717) is 27.8 Å². The van der Waals surface area contributed by atoms with Crippen LogP contribution in [0.25, 0.3) is 6.08 Å². The number of methoxy groups -OCH3 is 1. The van der Waals surface area contributed by atoms with Gasteiger partial charge in [-0.15, -0.1) is 0 Å². The Hall–Kier alpha value is -3.01. The van der Waals surface area contributed by atoms with Crippen LogP contribution in [0.4, 0.5) is 5.69 Å². The lowest BCUT2D eigenvalue weighted by atomic mass is 10.1. The summed E-state index contributed by atoms with van der Waals surface area (Å²) in [4.78, 5) is 40.6. The Morgan fingerprint density at radius 2 is 1.85 bits per heavy atom. The number of hydrogen-bond donors (Lipinski definition) is 1. The Morgan fingerprint density at radius 3 is 2.48 bits per heavy atom. The van der Waals surface area contributed by atoms with Crippen molar-refractivity contribution in [3.8, 4) is 0 Å². The molecule has 0 aliphatic carbocycles. The normalized spacial score (nSPS) is 14.6. The molecule has 7 nitrogen and oxygen atoms in total. The summed E-state index contributed by atoms with van der Waals surface area (Å²) in [6.45, 7) is 0.402. The van der Waals surface area contributed by atoms with Gasteiger partial charge < -0.3 is 14.7 Å². The van der Waals surface area contributed by atoms with Crippen LogP contribution in [0.2, 0.25) is 0 Å². The molecule has 2 aromatic rings. The van der Waals surface area contributed by atoms with E-state index in [1.165, 1.54) is 23.8 Å². The monoisotopic (exact) mass is 484 g/mol. The van der Waals surface area contributed by atoms with E-state index in [1.807, 2.05) is 30.3 Å². The third-order valence-corrected chi connectivity index (χ3v) is 6.35. The Balaban J connectivity index is 1.59. The van der Waals surface area contributed by atoms with Crippen molar-refractivity contribution in [2.75, 3.05) is 31.7 Å². The van der Waals surface area contributed by atoms with E-state index in [4.69, 9.17) is 12.2 Å². The van der Waals surface area contributed by atoms with Gasteiger partial charge in [0.1, 0.15) is 4.32 Å². The van der Waals surface area contributed by atoms with Gasteiger partial charge in [0.25, 0.3) is 5.91 Å². The number of carbonyl (C=O) groups is 3. The largest absolute Gasteiger partial charge is 0.465 e. The molecule has 0 aromatic heterocycles. The van der Waals surface area contributed by atoms with Crippen molar-refractivity contribution in [3.63, 3.8) is 0 Å². The van der Waals surface area contributed by atoms with E-state index >= 15 is 0 Å². The number of aliphatic hydroxyl groups excluding tert-OH is 1. The second kappa shape index (κ2) is 11.7. The standard InChI is InChI=1S/C24H24N2O5S2/c1-31-23(30)18-11-9-17(10-12-18)16-20-22(29)26(24(32)33-20)13-5-8-21(28)25(14-15-27)19-6-3-2-4-7-19/h2-4,6-7,9-12,16,27H,5,8,13-15H2,1H3. The number of ether oxygens (including phenoxy) is 1. The SMILES string of the molecule is COC(=O)c1ccc(C=C2SC(=S)N(CCCC(=O)N(CCO)c3ccccc3)C2=O)cc1. The van der Waals surface area contributed by atoms with Crippen molar-refractivity contribution >= 4 is 57.8 Å². The highest BCUT2D eigenvalue weighted by Crippen LogP contribution is 2.32. The van der Waals surface area contributed by atoms with Crippen molar-refractivity contribution in [1.29, 1.82) is 0 Å². The zero-order valence-electron chi connectivity index (χ0n) is 18.1. The minimum atomic E-state index is -0.424. The van der Waals surface area contributed by atoms with Crippen LogP contribution in [0.15, 0.2) is 59.5 Å². The lowest BCUT2D eigenvalue weighted by molar-refractivity contribution is -0.123. The van der Waals surface area contributed by atoms with Crippen molar-refractivity contribution in [2.24, 2.45) is 0 Å². The van der Waals surface area contributed by atoms with Gasteiger partial charge in [-0.25, -0.2) is 4.79 Å². The predicted molar refractivity (Wildman–Crippen MR) is 133 cm³/mol. The van der Waals surface area contributed by atoms with Gasteiger partial charge in [0.2, 0.25) is 5.91 Å². The Morgan fingerprint density at radius 1 is 1.15 bits per heavy atom. The zero-order valence-corrected chi connectivity index (χ0v) is 19.7. The second-order valence-corrected chi connectivity index (χ2v) is 8.83. The second-order valence-electron chi connectivity index (χ2n) is 7.16. The average molecular weight is 485 g/mol. The molecule has 1 aliphatic heterocycles. The molecule has 1 aliphatic rings. The fourth-order valence-corrected chi connectivity index (χ4v) is 4.62. The van der Waals surface area contributed by atoms with Crippen LogP contribution in [0.3, 0.4) is 0 Å². The lowest BCUT2D eigenvalue weighted by Gasteiger charge is -2.22. The van der Waals surface area contributed by atoms with Crippen LogP contribution >= 0.6 is 24.0 Å². The van der Waals surface area contributed by atoms with Gasteiger partial charge >= 0.3 is 5.97 Å². The molecular formula is C24H24N2O5S2. The molecule has 9 heteroatoms. The first-order chi connectivity index (χ1) is 15.9. The van der Waals surface area contributed by atoms with Gasteiger partial charge in [0.15, 0.2) is 0 Å². The molecule has 1 saturated heterocycles. The number of thiocarbonyl (C=S) groups is 1. The van der Waals surface area contributed by atoms with E-state index in [1.54, 1.807) is 35.2 Å². The summed E-state index contributed by atoms with van der Waals surface area (Å²) in [7, 11) is 1.32. The third kappa shape index (κ3) is 6.28. The van der Waals surface area contributed by atoms with Crippen molar-refractivity contribution < 1.29 is 24.2 Å². The van der Waals surface area contributed by atoms with Crippen LogP contribution in [0.5, 0.6) is 0 Å². The molecule has 0 atom stereocenters. The summed E-state index contributed by atoms with van der Waals surface area (Å²) < 4.78 is 5.13. The smallest absolute Gasteiger partial charge is 0.337 e. The molecule has 0 radical (unpaired) electrons. The first kappa shape index (κ1) is 24.6. The van der Waals surface area contributed by atoms with Gasteiger partial charge in [0, 0.05) is 25.2 Å². The quantitative estimate of drug-likeness (QED) is 0.331. The van der Waals surface area contributed by atoms with E-state index in [2.05, 4.69) is 4.74 Å². The van der Waals surface area contributed by atoms with E-state index in [0.717, 1.165) is 11.3 Å². The Bertz CT molecular complexity index is 1050. The molecule has 1 fully saturated rings. The summed E-state index contributed by atoms with van der Waals surface area (Å²) in [5.74, 6) is -0.751. The fraction of sp³-hybridized carbons (Fsp3) is 0.250. The average Bonchev–Trinajstić information content (AvgIpc) is 3.10. The highest BCUT2D eigenvalue weighted by molar-refractivity contribution is 8.26. The number of aliphatic hydroxyl groups is 1. The first-order valence-corrected chi connectivity index (χ1v) is 11.6. The molecular weight excluding hydrogens is 460 g/mol. The van der Waals surface area contributed by atoms with E-state index < -0.39 is 5.97 Å². The molecule has 3 rings (SSSR count). The Labute approximate surface area is 202 Å². The number of benzene rings is 2. The summed E-state index contributed by atoms with van der Waals surface area (Å²) in [6.07, 6.45) is 2.39. The number of anilines is 1. The van der Waals surface area contributed by atoms with Gasteiger partial charge in [-0.1, -0.05) is 54.3 Å². The van der Waals surface area contributed by atoms with Gasteiger partial charge in [0.05, 0.1) is 24.2 Å². The molecule has 1 N–H and O–H groups in total. The Kier molecular flexibility index (Phi) is 8.76. The maximum atomic E-state index is 12.8. The summed E-state index contributed by atoms with van der Waals surface area (Å²) in [5.41, 5.74) is 1.92. The minimum Gasteiger partial charge on any atom is -0.465 e. The van der Waals surface area contributed by atoms with Crippen molar-refractivity contribution in [3.05, 3.63) is 70.6 Å². The summed E-state index contributed by atoms with van der Waals surface area (Å²) >= 11 is 6.58. The first-order valence-electron chi connectivity index (χ1n) is 10.3. The molecule has 33 heavy (non-hydrogen) atoms. The number of thioether (sulfide) groups is 1. The third-order valence-electron chi connectivity index (χ3n) is 4.97. The van der Waals surface area contributed by atoms with Crippen LogP contribution < -0.4 is 4.90 Å². The van der Waals surface area contributed by atoms with Crippen LogP contribution in [0.1, 0.15) is 28.8 Å². The summed E-state index contributed by atoms with van der Waals surface area (Å²) in [6, 6.07) is 15.9. The predicted octanol–water partition coefficient (Wildman–Crippen LogP) is 3.48. The molecule has 172 valence electrons. The fourth-order valence-electron chi connectivity index (χ4n) is 3.31. The summed E-state index contributed by atoms with van der Waals surface area (Å²) in [5, 5.41) is 9.32. The highest BCUT2D eigenvalue weighted by Gasteiger charge is 2.31. The number of amides is 2. The maximum absolute atomic E-state index is 12.8. The highest BCUT2D eigenvalue weighted by atomic mass is 32.2. The molecule has 1 heterocycles. The molecule has 2 aromatic carbocycles. The number of hydrogen-bond acceptors (Lipinski definition) is 7. The maximum Gasteiger partial charge on any atom is 0.337 e. The molecule has 0 unspecified atom stereocenters. The van der Waals surface area contributed by atoms with E-state index in [9.17, 15) is 19.5 Å². The van der Waals surface area contributed by atoms with Crippen LogP contribution in [0, 0.1) is 0 Å². The number of rotatable bonds is 9. The topological polar surface area (TPSA) is 87.2 Å². The lowest BCUT2D eigenvalue weighted by Crippen LogP contribution is -2.35. The van der Waals surface area contributed by atoms with Gasteiger partial charge in [-0.3, -0.25) is 14.5 Å². The molecule has 0 saturated carbocycles. The number of esters is 1. The zero-order chi connectivity index (χ0) is 23.8. The number of carbonyl (C=O) groups excluding carboxylic acids is 3.